The van der Waals surface area contributed by atoms with Crippen LogP contribution in [0, 0.1) is 6.85 Å². The van der Waals surface area contributed by atoms with Crippen molar-refractivity contribution >= 4 is 15.9 Å². The summed E-state index contributed by atoms with van der Waals surface area (Å²) in [5.74, 6) is 0. The zero-order chi connectivity index (χ0) is 15.1. The maximum atomic E-state index is 7.88. The summed E-state index contributed by atoms with van der Waals surface area (Å²) in [5, 5.41) is 0. The number of aryl methyl sites for hydroxylation is 1. The molecule has 1 aromatic carbocycles. The van der Waals surface area contributed by atoms with Gasteiger partial charge in [-0.05, 0) is 31.1 Å². The highest BCUT2D eigenvalue weighted by molar-refractivity contribution is 9.10. The first-order valence-corrected chi connectivity index (χ1v) is 4.75. The van der Waals surface area contributed by atoms with Gasteiger partial charge in [0, 0.05) is 19.8 Å². The number of nitrogens with zero attached hydrogens (tertiary/aromatic N) is 1. The molecule has 2 aromatic rings. The fraction of sp³-hybridized carbons (Fsp3) is 0.0833. The Morgan fingerprint density at radius 2 is 2.36 bits per heavy atom. The zero-order valence-electron chi connectivity index (χ0n) is 13.1. The normalized spacial score (nSPS) is 17.2. The van der Waals surface area contributed by atoms with Crippen LogP contribution in [-0.2, 0) is 0 Å². The quantitative estimate of drug-likeness (QED) is 0.753. The molecule has 1 aromatic heterocycles. The highest BCUT2D eigenvalue weighted by Crippen LogP contribution is 2.21. The van der Waals surface area contributed by atoms with Gasteiger partial charge in [0.2, 0.25) is 0 Å². The van der Waals surface area contributed by atoms with Gasteiger partial charge in [-0.2, -0.15) is 0 Å². The third kappa shape index (κ3) is 2.02. The van der Waals surface area contributed by atoms with Crippen LogP contribution in [0.4, 0.5) is 0 Å². The second-order valence-corrected chi connectivity index (χ2v) is 3.61. The molecule has 0 aliphatic carbocycles. The van der Waals surface area contributed by atoms with Crippen molar-refractivity contribution in [3.8, 4) is 11.3 Å². The molecule has 1 nitrogen and oxygen atoms in total. The summed E-state index contributed by atoms with van der Waals surface area (Å²) in [6.07, 6.45) is 0. The molecule has 0 atom stereocenters. The number of halogens is 1. The van der Waals surface area contributed by atoms with Gasteiger partial charge in [0.15, 0.2) is 0 Å². The fourth-order valence-electron chi connectivity index (χ4n) is 1.09. The van der Waals surface area contributed by atoms with Gasteiger partial charge in [0.25, 0.3) is 0 Å². The van der Waals surface area contributed by atoms with E-state index in [-0.39, 0.29) is 11.7 Å². The van der Waals surface area contributed by atoms with E-state index in [1.165, 1.54) is 0 Å². The molecule has 0 spiro atoms. The summed E-state index contributed by atoms with van der Waals surface area (Å²) < 4.78 is 46.2. The Bertz CT molecular complexity index is 668. The Balaban J connectivity index is 2.75. The monoisotopic (exact) mass is 253 g/mol. The molecular weight excluding hydrogens is 238 g/mol. The molecule has 0 saturated heterocycles. The van der Waals surface area contributed by atoms with Gasteiger partial charge in [-0.25, -0.2) is 0 Å². The summed E-state index contributed by atoms with van der Waals surface area (Å²) in [6.45, 7) is -2.58. The van der Waals surface area contributed by atoms with Gasteiger partial charge in [-0.15, -0.1) is 0 Å². The molecule has 14 heavy (non-hydrogen) atoms. The van der Waals surface area contributed by atoms with Crippen LogP contribution in [0.25, 0.3) is 11.3 Å². The minimum atomic E-state index is -2.58. The van der Waals surface area contributed by atoms with Gasteiger partial charge in [0.1, 0.15) is 0 Å². The first kappa shape index (κ1) is 4.58. The lowest BCUT2D eigenvalue weighted by Crippen LogP contribution is -1.85. The Labute approximate surface area is 100 Å². The number of aromatic nitrogens is 1. The van der Waals surface area contributed by atoms with E-state index in [2.05, 4.69) is 20.9 Å². The lowest BCUT2D eigenvalue weighted by molar-refractivity contribution is 1.20. The molecule has 0 aliphatic heterocycles. The van der Waals surface area contributed by atoms with Crippen LogP contribution >= 0.6 is 15.9 Å². The molecule has 1 heterocycles. The van der Waals surface area contributed by atoms with Gasteiger partial charge in [0.05, 0.1) is 9.81 Å². The van der Waals surface area contributed by atoms with Crippen LogP contribution < -0.4 is 0 Å². The number of rotatable bonds is 1. The minimum absolute atomic E-state index is 0.0958. The Kier molecular flexibility index (Phi) is 1.28. The third-order valence-electron chi connectivity index (χ3n) is 1.68. The van der Waals surface area contributed by atoms with Crippen LogP contribution in [0.1, 0.15) is 13.9 Å². The van der Waals surface area contributed by atoms with Crippen molar-refractivity contribution in [2.45, 2.75) is 6.85 Å². The molecule has 0 radical (unpaired) electrons. The molecule has 0 N–H and O–H groups in total. The summed E-state index contributed by atoms with van der Waals surface area (Å²) in [4.78, 5) is 3.94. The number of benzene rings is 1. The molecule has 0 saturated carbocycles. The van der Waals surface area contributed by atoms with Crippen LogP contribution in [0.15, 0.2) is 46.9 Å². The van der Waals surface area contributed by atoms with Crippen molar-refractivity contribution in [1.29, 1.82) is 0 Å². The average Bonchev–Trinajstić information content (AvgIpc) is 2.34. The fourth-order valence-corrected chi connectivity index (χ4v) is 1.49. The lowest BCUT2D eigenvalue weighted by atomic mass is 10.1. The Morgan fingerprint density at radius 1 is 1.43 bits per heavy atom. The van der Waals surface area contributed by atoms with Gasteiger partial charge < -0.3 is 0 Å². The summed E-state index contributed by atoms with van der Waals surface area (Å²) >= 11 is 3.29. The van der Waals surface area contributed by atoms with E-state index in [0.717, 1.165) is 4.47 Å². The average molecular weight is 254 g/mol. The third-order valence-corrected chi connectivity index (χ3v) is 2.18. The first-order chi connectivity index (χ1) is 9.21. The Morgan fingerprint density at radius 3 is 3.14 bits per heavy atom. The minimum Gasteiger partial charge on any atom is -0.253 e. The summed E-state index contributed by atoms with van der Waals surface area (Å²) in [6, 6.07) is 5.69. The highest BCUT2D eigenvalue weighted by atomic mass is 79.9. The number of pyridine rings is 1. The van der Waals surface area contributed by atoms with E-state index in [1.54, 1.807) is 24.3 Å². The van der Waals surface area contributed by atoms with Crippen LogP contribution in [0.3, 0.4) is 0 Å². The summed E-state index contributed by atoms with van der Waals surface area (Å²) in [5.41, 5.74) is 0.176. The second-order valence-electron chi connectivity index (χ2n) is 2.69. The largest absolute Gasteiger partial charge is 0.253 e. The molecule has 0 bridgehead atoms. The molecule has 70 valence electrons. The maximum Gasteiger partial charge on any atom is 0.0705 e. The van der Waals surface area contributed by atoms with Crippen molar-refractivity contribution in [2.75, 3.05) is 0 Å². The van der Waals surface area contributed by atoms with E-state index in [0.29, 0.717) is 5.56 Å². The SMILES string of the molecule is [2H]c1c(-c2cccc(Br)c2)nc(C([2H])([2H])[2H])c([2H])c1[2H]. The van der Waals surface area contributed by atoms with Crippen molar-refractivity contribution in [1.82, 2.24) is 4.98 Å². The van der Waals surface area contributed by atoms with Gasteiger partial charge in [-0.3, -0.25) is 4.98 Å². The smallest absolute Gasteiger partial charge is 0.0705 e. The second kappa shape index (κ2) is 3.93. The summed E-state index contributed by atoms with van der Waals surface area (Å²) in [7, 11) is 0. The van der Waals surface area contributed by atoms with Gasteiger partial charge >= 0.3 is 0 Å². The molecule has 0 fully saturated rings. The zero-order valence-corrected chi connectivity index (χ0v) is 8.72. The van der Waals surface area contributed by atoms with Crippen LogP contribution in [-0.4, -0.2) is 4.98 Å². The van der Waals surface area contributed by atoms with Crippen LogP contribution in [0.2, 0.25) is 0 Å². The van der Waals surface area contributed by atoms with Crippen molar-refractivity contribution < 1.29 is 8.22 Å². The number of hydrogen-bond acceptors (Lipinski definition) is 1. The standard InChI is InChI=1S/C12H10BrN/c1-9-4-2-7-12(14-9)10-5-3-6-11(13)8-10/h2-8H,1H3/i1D3,2D,4D,7D. The van der Waals surface area contributed by atoms with E-state index in [4.69, 9.17) is 8.22 Å². The van der Waals surface area contributed by atoms with E-state index in [9.17, 15) is 0 Å². The first-order valence-electron chi connectivity index (χ1n) is 6.96. The lowest BCUT2D eigenvalue weighted by Gasteiger charge is -2.01. The molecule has 2 heteroatoms. The van der Waals surface area contributed by atoms with Crippen LogP contribution in [0.5, 0.6) is 0 Å². The van der Waals surface area contributed by atoms with E-state index >= 15 is 0 Å². The predicted octanol–water partition coefficient (Wildman–Crippen LogP) is 3.82. The van der Waals surface area contributed by atoms with Crippen molar-refractivity contribution in [2.24, 2.45) is 0 Å². The van der Waals surface area contributed by atoms with E-state index < -0.39 is 24.6 Å². The van der Waals surface area contributed by atoms with E-state index in [1.807, 2.05) is 0 Å². The van der Waals surface area contributed by atoms with Crippen molar-refractivity contribution in [3.05, 3.63) is 52.6 Å². The van der Waals surface area contributed by atoms with Gasteiger partial charge in [-0.1, -0.05) is 34.1 Å². The predicted molar refractivity (Wildman–Crippen MR) is 62.1 cm³/mol. The van der Waals surface area contributed by atoms with Crippen molar-refractivity contribution in [3.63, 3.8) is 0 Å². The highest BCUT2D eigenvalue weighted by Gasteiger charge is 1.98. The molecule has 0 aliphatic rings. The maximum absolute atomic E-state index is 7.88. The molecule has 2 rings (SSSR count). The topological polar surface area (TPSA) is 12.9 Å². The molecule has 0 amide bonds. The molecular formula is C12H10BrN. The molecule has 0 unspecified atom stereocenters. The number of hydrogen-bond donors (Lipinski definition) is 0. The Hall–Kier alpha value is -1.15.